The van der Waals surface area contributed by atoms with Crippen LogP contribution < -0.4 is 10.6 Å². The van der Waals surface area contributed by atoms with Gasteiger partial charge in [0.1, 0.15) is 11.9 Å². The topological polar surface area (TPSA) is 68.2 Å². The van der Waals surface area contributed by atoms with E-state index in [0.29, 0.717) is 6.61 Å². The summed E-state index contributed by atoms with van der Waals surface area (Å²) in [5, 5.41) is 9.84. The van der Waals surface area contributed by atoms with Gasteiger partial charge in [0.2, 0.25) is 0 Å². The van der Waals surface area contributed by atoms with Gasteiger partial charge in [-0.1, -0.05) is 0 Å². The number of thiophene rings is 1. The standard InChI is InChI=1S/C15H20N4O2S/c1-3-19-6-5-16-14(19)13-11(4-7-21-13)17-15(20)18-12-9-22-8-10(12)2/h5-6,8-9,11,13H,3-4,7H2,1-2H3,(H2,17,18,20)/t11-,13-/m0/s1. The fourth-order valence-electron chi connectivity index (χ4n) is 2.65. The van der Waals surface area contributed by atoms with Crippen LogP contribution in [-0.4, -0.2) is 28.2 Å². The second kappa shape index (κ2) is 6.50. The smallest absolute Gasteiger partial charge is 0.319 e. The lowest BCUT2D eigenvalue weighted by molar-refractivity contribution is 0.0906. The van der Waals surface area contributed by atoms with E-state index in [2.05, 4.69) is 22.5 Å². The number of nitrogens with one attached hydrogen (secondary N) is 2. The molecule has 0 aliphatic carbocycles. The normalized spacial score (nSPS) is 21.0. The predicted molar refractivity (Wildman–Crippen MR) is 86.2 cm³/mol. The molecule has 0 unspecified atom stereocenters. The van der Waals surface area contributed by atoms with Crippen LogP contribution in [0, 0.1) is 6.92 Å². The van der Waals surface area contributed by atoms with Crippen LogP contribution in [0.3, 0.4) is 0 Å². The molecule has 0 bridgehead atoms. The first-order valence-electron chi connectivity index (χ1n) is 7.42. The molecule has 22 heavy (non-hydrogen) atoms. The SMILES string of the molecule is CCn1ccnc1[C@H]1OCC[C@@H]1NC(=O)Nc1cscc1C. The number of imidazole rings is 1. The zero-order valence-electron chi connectivity index (χ0n) is 12.7. The van der Waals surface area contributed by atoms with Crippen molar-refractivity contribution in [3.05, 3.63) is 34.5 Å². The predicted octanol–water partition coefficient (Wildman–Crippen LogP) is 2.92. The monoisotopic (exact) mass is 320 g/mol. The molecule has 0 spiro atoms. The summed E-state index contributed by atoms with van der Waals surface area (Å²) >= 11 is 1.57. The third-order valence-electron chi connectivity index (χ3n) is 3.85. The van der Waals surface area contributed by atoms with Gasteiger partial charge in [-0.05, 0) is 31.2 Å². The lowest BCUT2D eigenvalue weighted by Crippen LogP contribution is -2.40. The molecule has 3 rings (SSSR count). The van der Waals surface area contributed by atoms with E-state index in [0.717, 1.165) is 30.0 Å². The van der Waals surface area contributed by atoms with Crippen molar-refractivity contribution in [3.8, 4) is 0 Å². The largest absolute Gasteiger partial charge is 0.368 e. The van der Waals surface area contributed by atoms with Gasteiger partial charge in [0, 0.05) is 30.9 Å². The third-order valence-corrected chi connectivity index (χ3v) is 4.72. The molecule has 1 fully saturated rings. The van der Waals surface area contributed by atoms with E-state index in [4.69, 9.17) is 4.74 Å². The number of carbonyl (C=O) groups is 1. The molecule has 2 N–H and O–H groups in total. The van der Waals surface area contributed by atoms with Gasteiger partial charge in [-0.25, -0.2) is 9.78 Å². The zero-order chi connectivity index (χ0) is 15.5. The van der Waals surface area contributed by atoms with Crippen LogP contribution in [0.25, 0.3) is 0 Å². The summed E-state index contributed by atoms with van der Waals surface area (Å²) in [5.41, 5.74) is 1.92. The van der Waals surface area contributed by atoms with E-state index < -0.39 is 0 Å². The maximum Gasteiger partial charge on any atom is 0.319 e. The van der Waals surface area contributed by atoms with Crippen LogP contribution in [-0.2, 0) is 11.3 Å². The van der Waals surface area contributed by atoms with Crippen LogP contribution in [0.1, 0.15) is 30.8 Å². The summed E-state index contributed by atoms with van der Waals surface area (Å²) in [6, 6.07) is -0.261. The highest BCUT2D eigenvalue weighted by Gasteiger charge is 2.33. The van der Waals surface area contributed by atoms with Crippen LogP contribution in [0.5, 0.6) is 0 Å². The molecule has 2 aromatic heterocycles. The minimum atomic E-state index is -0.198. The van der Waals surface area contributed by atoms with E-state index >= 15 is 0 Å². The number of amides is 2. The first-order valence-corrected chi connectivity index (χ1v) is 8.36. The lowest BCUT2D eigenvalue weighted by Gasteiger charge is -2.20. The highest BCUT2D eigenvalue weighted by Crippen LogP contribution is 2.28. The number of ether oxygens (including phenoxy) is 1. The van der Waals surface area contributed by atoms with E-state index in [1.807, 2.05) is 28.4 Å². The number of aryl methyl sites for hydroxylation is 2. The molecule has 2 amide bonds. The molecule has 3 heterocycles. The van der Waals surface area contributed by atoms with Crippen molar-refractivity contribution in [3.63, 3.8) is 0 Å². The molecule has 6 nitrogen and oxygen atoms in total. The number of rotatable bonds is 4. The second-order valence-corrected chi connectivity index (χ2v) is 6.07. The number of carbonyl (C=O) groups excluding carboxylic acids is 1. The number of hydrogen-bond acceptors (Lipinski definition) is 4. The number of nitrogens with zero attached hydrogens (tertiary/aromatic N) is 2. The maximum absolute atomic E-state index is 12.2. The Labute approximate surface area is 133 Å². The Morgan fingerprint density at radius 1 is 1.55 bits per heavy atom. The van der Waals surface area contributed by atoms with Gasteiger partial charge in [0.25, 0.3) is 0 Å². The quantitative estimate of drug-likeness (QED) is 0.910. The Hall–Kier alpha value is -1.86. The molecule has 0 radical (unpaired) electrons. The van der Waals surface area contributed by atoms with Crippen LogP contribution >= 0.6 is 11.3 Å². The zero-order valence-corrected chi connectivity index (χ0v) is 13.5. The van der Waals surface area contributed by atoms with Crippen molar-refractivity contribution in [1.82, 2.24) is 14.9 Å². The molecule has 0 aromatic carbocycles. The summed E-state index contributed by atoms with van der Waals surface area (Å²) in [6.07, 6.45) is 4.30. The van der Waals surface area contributed by atoms with Crippen molar-refractivity contribution in [1.29, 1.82) is 0 Å². The molecular weight excluding hydrogens is 300 g/mol. The van der Waals surface area contributed by atoms with E-state index in [-0.39, 0.29) is 18.2 Å². The molecular formula is C15H20N4O2S. The van der Waals surface area contributed by atoms with Crippen molar-refractivity contribution >= 4 is 23.1 Å². The summed E-state index contributed by atoms with van der Waals surface area (Å²) < 4.78 is 7.84. The Morgan fingerprint density at radius 2 is 2.41 bits per heavy atom. The number of anilines is 1. The minimum Gasteiger partial charge on any atom is -0.368 e. The highest BCUT2D eigenvalue weighted by atomic mass is 32.1. The molecule has 1 saturated heterocycles. The number of aromatic nitrogens is 2. The van der Waals surface area contributed by atoms with Gasteiger partial charge in [0.15, 0.2) is 0 Å². The van der Waals surface area contributed by atoms with E-state index in [9.17, 15) is 4.79 Å². The van der Waals surface area contributed by atoms with Gasteiger partial charge in [0.05, 0.1) is 11.7 Å². The van der Waals surface area contributed by atoms with Gasteiger partial charge in [-0.2, -0.15) is 0 Å². The lowest BCUT2D eigenvalue weighted by atomic mass is 10.1. The van der Waals surface area contributed by atoms with Crippen LogP contribution in [0.4, 0.5) is 10.5 Å². The second-order valence-electron chi connectivity index (χ2n) is 5.32. The molecule has 1 aliphatic heterocycles. The Kier molecular flexibility index (Phi) is 4.44. The molecule has 0 saturated carbocycles. The highest BCUT2D eigenvalue weighted by molar-refractivity contribution is 7.08. The summed E-state index contributed by atoms with van der Waals surface area (Å²) in [5.74, 6) is 0.872. The summed E-state index contributed by atoms with van der Waals surface area (Å²) in [4.78, 5) is 16.6. The maximum atomic E-state index is 12.2. The first-order chi connectivity index (χ1) is 10.7. The van der Waals surface area contributed by atoms with Crippen molar-refractivity contribution in [2.45, 2.75) is 39.0 Å². The average Bonchev–Trinajstić information content (AvgIpc) is 3.20. The Morgan fingerprint density at radius 3 is 3.14 bits per heavy atom. The molecule has 2 atom stereocenters. The molecule has 1 aliphatic rings. The van der Waals surface area contributed by atoms with Gasteiger partial charge < -0.3 is 19.9 Å². The molecule has 7 heteroatoms. The van der Waals surface area contributed by atoms with Gasteiger partial charge >= 0.3 is 6.03 Å². The van der Waals surface area contributed by atoms with Crippen molar-refractivity contribution < 1.29 is 9.53 Å². The average molecular weight is 320 g/mol. The van der Waals surface area contributed by atoms with Crippen molar-refractivity contribution in [2.75, 3.05) is 11.9 Å². The van der Waals surface area contributed by atoms with Crippen LogP contribution in [0.15, 0.2) is 23.2 Å². The summed E-state index contributed by atoms with van der Waals surface area (Å²) in [6.45, 7) is 5.51. The van der Waals surface area contributed by atoms with E-state index in [1.165, 1.54) is 0 Å². The Bertz CT molecular complexity index is 652. The van der Waals surface area contributed by atoms with Crippen molar-refractivity contribution in [2.24, 2.45) is 0 Å². The third kappa shape index (κ3) is 3.00. The molecule has 118 valence electrons. The number of urea groups is 1. The molecule has 2 aromatic rings. The minimum absolute atomic E-state index is 0.0633. The summed E-state index contributed by atoms with van der Waals surface area (Å²) in [7, 11) is 0. The Balaban J connectivity index is 1.66. The fraction of sp³-hybridized carbons (Fsp3) is 0.467. The van der Waals surface area contributed by atoms with E-state index in [1.54, 1.807) is 17.5 Å². The van der Waals surface area contributed by atoms with Crippen LogP contribution in [0.2, 0.25) is 0 Å². The first kappa shape index (κ1) is 15.1. The fourth-order valence-corrected chi connectivity index (χ4v) is 3.43. The van der Waals surface area contributed by atoms with Gasteiger partial charge in [-0.3, -0.25) is 0 Å². The number of hydrogen-bond donors (Lipinski definition) is 2. The van der Waals surface area contributed by atoms with Gasteiger partial charge in [-0.15, -0.1) is 11.3 Å².